The van der Waals surface area contributed by atoms with Crippen molar-refractivity contribution in [3.63, 3.8) is 0 Å². The second-order valence-electron chi connectivity index (χ2n) is 7.41. The van der Waals surface area contributed by atoms with Crippen LogP contribution in [0.1, 0.15) is 38.8 Å². The zero-order valence-electron chi connectivity index (χ0n) is 18.4. The Bertz CT molecular complexity index is 1320. The van der Waals surface area contributed by atoms with Crippen LogP contribution >= 0.6 is 0 Å². The fourth-order valence-corrected chi connectivity index (χ4v) is 4.20. The molecule has 0 aromatic heterocycles. The number of anilines is 2. The molecule has 3 aromatic rings. The summed E-state index contributed by atoms with van der Waals surface area (Å²) in [7, 11) is -4.14. The van der Waals surface area contributed by atoms with Gasteiger partial charge in [-0.05, 0) is 68.3 Å². The molecule has 0 aliphatic rings. The van der Waals surface area contributed by atoms with Gasteiger partial charge in [-0.2, -0.15) is 0 Å². The number of aryl methyl sites for hydroxylation is 2. The molecule has 0 unspecified atom stereocenters. The van der Waals surface area contributed by atoms with E-state index in [1.54, 1.807) is 39.0 Å². The highest BCUT2D eigenvalue weighted by Gasteiger charge is 2.20. The highest BCUT2D eigenvalue weighted by molar-refractivity contribution is 7.92. The summed E-state index contributed by atoms with van der Waals surface area (Å²) in [5.41, 5.74) is 2.05. The molecule has 2 amide bonds. The van der Waals surface area contributed by atoms with E-state index >= 15 is 0 Å². The Morgan fingerprint density at radius 3 is 2.27 bits per heavy atom. The van der Waals surface area contributed by atoms with E-state index in [1.165, 1.54) is 36.4 Å². The number of carbonyl (C=O) groups excluding carboxylic acids is 2. The van der Waals surface area contributed by atoms with Gasteiger partial charge in [-0.15, -0.1) is 0 Å². The van der Waals surface area contributed by atoms with E-state index in [9.17, 15) is 22.4 Å². The lowest BCUT2D eigenvalue weighted by molar-refractivity contribution is 0.0954. The summed E-state index contributed by atoms with van der Waals surface area (Å²) in [5, 5.41) is 5.45. The summed E-state index contributed by atoms with van der Waals surface area (Å²) in [5.74, 6) is -1.52. The minimum atomic E-state index is -4.14. The van der Waals surface area contributed by atoms with Gasteiger partial charge in [-0.25, -0.2) is 12.8 Å². The summed E-state index contributed by atoms with van der Waals surface area (Å²) in [4.78, 5) is 24.9. The molecule has 0 bridgehead atoms. The van der Waals surface area contributed by atoms with Crippen LogP contribution in [0.2, 0.25) is 0 Å². The van der Waals surface area contributed by atoms with Gasteiger partial charge in [-0.3, -0.25) is 14.3 Å². The predicted octanol–water partition coefficient (Wildman–Crippen LogP) is 4.25. The average molecular weight is 470 g/mol. The van der Waals surface area contributed by atoms with Gasteiger partial charge in [-0.1, -0.05) is 24.3 Å². The molecule has 0 radical (unpaired) electrons. The molecule has 0 aliphatic heterocycles. The molecule has 33 heavy (non-hydrogen) atoms. The Hall–Kier alpha value is -3.72. The number of amides is 2. The van der Waals surface area contributed by atoms with Crippen molar-refractivity contribution in [3.8, 4) is 0 Å². The lowest BCUT2D eigenvalue weighted by atomic mass is 10.1. The van der Waals surface area contributed by atoms with Gasteiger partial charge in [0.05, 0.1) is 10.6 Å². The maximum Gasteiger partial charge on any atom is 0.262 e. The standard InChI is InChI=1S/C24H24FN3O4S/c1-4-26-23(29)17-11-9-16(3)22(13-17)27-24(30)19-14-18(12-10-15(19)2)33(31,32)28-21-8-6-5-7-20(21)25/h5-14,28H,4H2,1-3H3,(H,26,29)(H,27,30). The van der Waals surface area contributed by atoms with Crippen LogP contribution in [0.25, 0.3) is 0 Å². The zero-order valence-corrected chi connectivity index (χ0v) is 19.2. The zero-order chi connectivity index (χ0) is 24.2. The molecule has 0 fully saturated rings. The quantitative estimate of drug-likeness (QED) is 0.481. The Morgan fingerprint density at radius 2 is 1.58 bits per heavy atom. The van der Waals surface area contributed by atoms with Crippen LogP contribution in [0, 0.1) is 19.7 Å². The summed E-state index contributed by atoms with van der Waals surface area (Å²) >= 11 is 0. The summed E-state index contributed by atoms with van der Waals surface area (Å²) in [6, 6.07) is 14.4. The number of hydrogen-bond donors (Lipinski definition) is 3. The van der Waals surface area contributed by atoms with Crippen LogP contribution in [0.15, 0.2) is 65.6 Å². The number of hydrogen-bond acceptors (Lipinski definition) is 4. The third kappa shape index (κ3) is 5.56. The van der Waals surface area contributed by atoms with Crippen molar-refractivity contribution in [1.82, 2.24) is 5.32 Å². The number of rotatable bonds is 7. The second-order valence-corrected chi connectivity index (χ2v) is 9.09. The van der Waals surface area contributed by atoms with Crippen molar-refractivity contribution in [3.05, 3.63) is 88.7 Å². The molecule has 172 valence electrons. The maximum absolute atomic E-state index is 13.9. The molecule has 7 nitrogen and oxygen atoms in total. The van der Waals surface area contributed by atoms with E-state index in [2.05, 4.69) is 15.4 Å². The smallest absolute Gasteiger partial charge is 0.262 e. The third-order valence-electron chi connectivity index (χ3n) is 4.97. The fraction of sp³-hybridized carbons (Fsp3) is 0.167. The molecule has 0 atom stereocenters. The maximum atomic E-state index is 13.9. The molecule has 3 aromatic carbocycles. The first-order chi connectivity index (χ1) is 15.6. The molecule has 0 saturated heterocycles. The van der Waals surface area contributed by atoms with Crippen molar-refractivity contribution in [2.75, 3.05) is 16.6 Å². The van der Waals surface area contributed by atoms with Gasteiger partial charge in [0.2, 0.25) is 0 Å². The fourth-order valence-electron chi connectivity index (χ4n) is 3.11. The average Bonchev–Trinajstić information content (AvgIpc) is 2.77. The van der Waals surface area contributed by atoms with Gasteiger partial charge >= 0.3 is 0 Å². The van der Waals surface area contributed by atoms with Crippen molar-refractivity contribution in [2.24, 2.45) is 0 Å². The van der Waals surface area contributed by atoms with Crippen molar-refractivity contribution in [1.29, 1.82) is 0 Å². The molecule has 0 heterocycles. The van der Waals surface area contributed by atoms with E-state index in [-0.39, 0.29) is 22.1 Å². The van der Waals surface area contributed by atoms with E-state index in [1.807, 2.05) is 0 Å². The first-order valence-corrected chi connectivity index (χ1v) is 11.7. The van der Waals surface area contributed by atoms with Crippen LogP contribution in [0.5, 0.6) is 0 Å². The first-order valence-electron chi connectivity index (χ1n) is 10.2. The van der Waals surface area contributed by atoms with Gasteiger partial charge in [0.25, 0.3) is 21.8 Å². The lowest BCUT2D eigenvalue weighted by Gasteiger charge is -2.14. The third-order valence-corrected chi connectivity index (χ3v) is 6.33. The molecule has 3 rings (SSSR count). The minimum absolute atomic E-state index is 0.134. The first kappa shape index (κ1) is 23.9. The van der Waals surface area contributed by atoms with E-state index in [0.29, 0.717) is 23.4 Å². The normalized spacial score (nSPS) is 11.0. The molecule has 0 aliphatic carbocycles. The van der Waals surface area contributed by atoms with Crippen LogP contribution in [-0.2, 0) is 10.0 Å². The lowest BCUT2D eigenvalue weighted by Crippen LogP contribution is -2.23. The molecule has 0 spiro atoms. The molecule has 3 N–H and O–H groups in total. The second kappa shape index (κ2) is 9.83. The topological polar surface area (TPSA) is 104 Å². The van der Waals surface area contributed by atoms with Gasteiger partial charge in [0.15, 0.2) is 0 Å². The number of halogens is 1. The van der Waals surface area contributed by atoms with Crippen LogP contribution in [0.3, 0.4) is 0 Å². The summed E-state index contributed by atoms with van der Waals surface area (Å²) < 4.78 is 41.7. The van der Waals surface area contributed by atoms with Gasteiger partial charge in [0, 0.05) is 23.4 Å². The van der Waals surface area contributed by atoms with Crippen molar-refractivity contribution >= 4 is 33.2 Å². The number of nitrogens with one attached hydrogen (secondary N) is 3. The molecule has 0 saturated carbocycles. The summed E-state index contributed by atoms with van der Waals surface area (Å²) in [6.45, 7) is 5.73. The number of sulfonamides is 1. The Labute approximate surface area is 192 Å². The van der Waals surface area contributed by atoms with E-state index in [4.69, 9.17) is 0 Å². The molecular weight excluding hydrogens is 445 g/mol. The van der Waals surface area contributed by atoms with E-state index in [0.717, 1.165) is 11.6 Å². The van der Waals surface area contributed by atoms with Crippen LogP contribution in [-0.4, -0.2) is 26.8 Å². The summed E-state index contributed by atoms with van der Waals surface area (Å²) in [6.07, 6.45) is 0. The molecule has 9 heteroatoms. The largest absolute Gasteiger partial charge is 0.352 e. The highest BCUT2D eigenvalue weighted by atomic mass is 32.2. The Kier molecular flexibility index (Phi) is 7.13. The number of carbonyl (C=O) groups is 2. The number of benzene rings is 3. The highest BCUT2D eigenvalue weighted by Crippen LogP contribution is 2.23. The predicted molar refractivity (Wildman–Crippen MR) is 126 cm³/mol. The van der Waals surface area contributed by atoms with Gasteiger partial charge in [0.1, 0.15) is 5.82 Å². The van der Waals surface area contributed by atoms with Crippen molar-refractivity contribution in [2.45, 2.75) is 25.7 Å². The molecular formula is C24H24FN3O4S. The Morgan fingerprint density at radius 1 is 0.879 bits per heavy atom. The SMILES string of the molecule is CCNC(=O)c1ccc(C)c(NC(=O)c2cc(S(=O)(=O)Nc3ccccc3F)ccc2C)c1. The van der Waals surface area contributed by atoms with Gasteiger partial charge < -0.3 is 10.6 Å². The minimum Gasteiger partial charge on any atom is -0.352 e. The van der Waals surface area contributed by atoms with Crippen molar-refractivity contribution < 1.29 is 22.4 Å². The number of para-hydroxylation sites is 1. The Balaban J connectivity index is 1.89. The monoisotopic (exact) mass is 469 g/mol. The van der Waals surface area contributed by atoms with Crippen LogP contribution in [0.4, 0.5) is 15.8 Å². The van der Waals surface area contributed by atoms with Crippen LogP contribution < -0.4 is 15.4 Å². The van der Waals surface area contributed by atoms with E-state index < -0.39 is 21.7 Å².